The number of imide groups is 1. The molecular formula is C32H32N4O4. The molecule has 4 atom stereocenters. The van der Waals surface area contributed by atoms with E-state index in [1.807, 2.05) is 43.3 Å². The monoisotopic (exact) mass is 536 g/mol. The van der Waals surface area contributed by atoms with Gasteiger partial charge in [-0.3, -0.25) is 9.59 Å². The summed E-state index contributed by atoms with van der Waals surface area (Å²) >= 11 is 0. The van der Waals surface area contributed by atoms with Gasteiger partial charge in [0.25, 0.3) is 0 Å². The number of amides is 2. The van der Waals surface area contributed by atoms with E-state index in [1.165, 1.54) is 4.90 Å². The summed E-state index contributed by atoms with van der Waals surface area (Å²) in [7, 11) is 0. The van der Waals surface area contributed by atoms with Crippen molar-refractivity contribution in [3.8, 4) is 11.8 Å². The third kappa shape index (κ3) is 3.72. The molecule has 0 saturated carbocycles. The van der Waals surface area contributed by atoms with Crippen LogP contribution in [-0.4, -0.2) is 55.8 Å². The number of nitrogens with one attached hydrogen (secondary N) is 1. The maximum Gasteiger partial charge on any atom is 0.240 e. The van der Waals surface area contributed by atoms with E-state index < -0.39 is 23.0 Å². The zero-order valence-corrected chi connectivity index (χ0v) is 22.6. The number of benzene rings is 3. The molecule has 0 radical (unpaired) electrons. The van der Waals surface area contributed by atoms with Gasteiger partial charge >= 0.3 is 0 Å². The summed E-state index contributed by atoms with van der Waals surface area (Å²) < 4.78 is 12.8. The second-order valence-corrected chi connectivity index (χ2v) is 11.6. The van der Waals surface area contributed by atoms with Crippen LogP contribution in [0.2, 0.25) is 0 Å². The van der Waals surface area contributed by atoms with Crippen LogP contribution in [0.5, 0.6) is 5.75 Å². The summed E-state index contributed by atoms with van der Waals surface area (Å²) in [6.07, 6.45) is 1.98. The van der Waals surface area contributed by atoms with Crippen molar-refractivity contribution >= 4 is 34.0 Å². The number of fused-ring (bicyclic) bond motifs is 6. The first-order valence-corrected chi connectivity index (χ1v) is 14.1. The number of hydrogen-bond acceptors (Lipinski definition) is 7. The Labute approximate surface area is 233 Å². The molecule has 3 aromatic rings. The van der Waals surface area contributed by atoms with Crippen molar-refractivity contribution in [2.75, 3.05) is 42.6 Å². The largest absolute Gasteiger partial charge is 0.493 e. The Balaban J connectivity index is 1.14. The quantitative estimate of drug-likeness (QED) is 0.476. The van der Waals surface area contributed by atoms with Gasteiger partial charge in [0, 0.05) is 55.1 Å². The number of anilines is 2. The fourth-order valence-electron chi connectivity index (χ4n) is 7.46. The van der Waals surface area contributed by atoms with Gasteiger partial charge in [0.15, 0.2) is 0 Å². The lowest BCUT2D eigenvalue weighted by molar-refractivity contribution is -0.131. The average Bonchev–Trinajstić information content (AvgIpc) is 3.57. The van der Waals surface area contributed by atoms with E-state index in [4.69, 9.17) is 9.47 Å². The molecule has 8 nitrogen and oxygen atoms in total. The Kier molecular flexibility index (Phi) is 5.84. The van der Waals surface area contributed by atoms with Gasteiger partial charge < -0.3 is 19.7 Å². The van der Waals surface area contributed by atoms with Crippen LogP contribution in [0.4, 0.5) is 11.4 Å². The number of carbonyl (C=O) groups excluding carboxylic acids is 2. The molecule has 4 aliphatic rings. The Hall–Kier alpha value is -3.93. The Bertz CT molecular complexity index is 1560. The number of nitrogens with zero attached hydrogens (tertiary/aromatic N) is 3. The number of rotatable bonds is 6. The van der Waals surface area contributed by atoms with E-state index in [1.54, 1.807) is 12.1 Å². The van der Waals surface area contributed by atoms with Crippen LogP contribution in [-0.2, 0) is 14.3 Å². The number of hydrogen-bond donors (Lipinski definition) is 1. The molecule has 4 aliphatic heterocycles. The first kappa shape index (κ1) is 25.1. The lowest BCUT2D eigenvalue weighted by Gasteiger charge is -2.31. The van der Waals surface area contributed by atoms with Crippen molar-refractivity contribution in [1.29, 1.82) is 5.26 Å². The summed E-state index contributed by atoms with van der Waals surface area (Å²) in [5.41, 5.74) is 0.780. The van der Waals surface area contributed by atoms with Gasteiger partial charge in [-0.1, -0.05) is 30.3 Å². The number of nitriles is 1. The molecule has 3 aromatic carbocycles. The standard InChI is InChI=1S/C32H32N4O4/c1-31-11-12-32(40-31,13-18-39-23-6-4-5-22(19-23)35-16-14-34-15-17-35)28-27(31)29(37)36(30(28)38)26-10-9-21(20-33)24-7-2-3-8-25(24)26/h2-10,19,27-28,34H,11-18H2,1H3/t27-,28+,31-,32-/m1/s1. The maximum atomic E-state index is 14.1. The summed E-state index contributed by atoms with van der Waals surface area (Å²) in [6.45, 7) is 6.23. The summed E-state index contributed by atoms with van der Waals surface area (Å²) in [4.78, 5) is 31.7. The molecule has 0 aliphatic carbocycles. The normalized spacial score (nSPS) is 29.2. The second kappa shape index (κ2) is 9.33. The fourth-order valence-corrected chi connectivity index (χ4v) is 7.46. The summed E-state index contributed by atoms with van der Waals surface area (Å²) in [6, 6.07) is 21.2. The molecule has 0 spiro atoms. The van der Waals surface area contributed by atoms with E-state index in [0.29, 0.717) is 24.3 Å². The lowest BCUT2D eigenvalue weighted by Crippen LogP contribution is -2.43. The zero-order chi connectivity index (χ0) is 27.5. The maximum absolute atomic E-state index is 14.1. The topological polar surface area (TPSA) is 94.9 Å². The van der Waals surface area contributed by atoms with Crippen molar-refractivity contribution in [2.24, 2.45) is 11.8 Å². The van der Waals surface area contributed by atoms with Crippen LogP contribution in [0.3, 0.4) is 0 Å². The molecule has 0 unspecified atom stereocenters. The Morgan fingerprint density at radius 3 is 2.58 bits per heavy atom. The highest BCUT2D eigenvalue weighted by molar-refractivity contribution is 6.26. The van der Waals surface area contributed by atoms with Gasteiger partial charge in [-0.05, 0) is 44.0 Å². The predicted octanol–water partition coefficient (Wildman–Crippen LogP) is 4.02. The van der Waals surface area contributed by atoms with Crippen molar-refractivity contribution in [2.45, 2.75) is 37.4 Å². The van der Waals surface area contributed by atoms with E-state index in [9.17, 15) is 14.9 Å². The van der Waals surface area contributed by atoms with Crippen LogP contribution in [0.15, 0.2) is 60.7 Å². The van der Waals surface area contributed by atoms with Crippen molar-refractivity contribution in [1.82, 2.24) is 5.32 Å². The van der Waals surface area contributed by atoms with Crippen LogP contribution in [0, 0.1) is 23.2 Å². The highest BCUT2D eigenvalue weighted by atomic mass is 16.5. The summed E-state index contributed by atoms with van der Waals surface area (Å²) in [5, 5.41) is 14.4. The first-order valence-electron chi connectivity index (χ1n) is 14.1. The SMILES string of the molecule is C[C@]12CC[C@](CCOc3cccc(N4CCNCC4)c3)(O1)[C@@H]1C(=O)N(c3ccc(C#N)c4ccccc34)C(=O)[C@@H]12. The van der Waals surface area contributed by atoms with Gasteiger partial charge in [0.1, 0.15) is 5.75 Å². The minimum absolute atomic E-state index is 0.210. The minimum Gasteiger partial charge on any atom is -0.493 e. The molecule has 8 heteroatoms. The molecule has 40 heavy (non-hydrogen) atoms. The number of piperazine rings is 1. The molecular weight excluding hydrogens is 504 g/mol. The van der Waals surface area contributed by atoms with E-state index in [2.05, 4.69) is 28.4 Å². The van der Waals surface area contributed by atoms with E-state index in [-0.39, 0.29) is 11.8 Å². The van der Waals surface area contributed by atoms with E-state index in [0.717, 1.165) is 61.2 Å². The fraction of sp³-hybridized carbons (Fsp3) is 0.406. The minimum atomic E-state index is -0.737. The lowest BCUT2D eigenvalue weighted by atomic mass is 9.67. The van der Waals surface area contributed by atoms with Crippen LogP contribution < -0.4 is 19.9 Å². The van der Waals surface area contributed by atoms with Gasteiger partial charge in [0.2, 0.25) is 11.8 Å². The van der Waals surface area contributed by atoms with Gasteiger partial charge in [0.05, 0.1) is 47.0 Å². The zero-order valence-electron chi connectivity index (χ0n) is 22.6. The molecule has 1 N–H and O–H groups in total. The Morgan fingerprint density at radius 1 is 1.00 bits per heavy atom. The first-order chi connectivity index (χ1) is 19.4. The van der Waals surface area contributed by atoms with Gasteiger partial charge in [-0.2, -0.15) is 5.26 Å². The van der Waals surface area contributed by atoms with E-state index >= 15 is 0 Å². The van der Waals surface area contributed by atoms with Gasteiger partial charge in [-0.15, -0.1) is 0 Å². The second-order valence-electron chi connectivity index (χ2n) is 11.6. The third-order valence-corrected chi connectivity index (χ3v) is 9.37. The molecule has 0 aromatic heterocycles. The third-order valence-electron chi connectivity index (χ3n) is 9.37. The molecule has 204 valence electrons. The molecule has 7 rings (SSSR count). The molecule has 4 saturated heterocycles. The average molecular weight is 537 g/mol. The molecule has 4 heterocycles. The van der Waals surface area contributed by atoms with Gasteiger partial charge in [-0.25, -0.2) is 4.90 Å². The van der Waals surface area contributed by atoms with Crippen LogP contribution >= 0.6 is 0 Å². The molecule has 2 amide bonds. The van der Waals surface area contributed by atoms with Crippen LogP contribution in [0.1, 0.15) is 31.7 Å². The smallest absolute Gasteiger partial charge is 0.240 e. The molecule has 4 fully saturated rings. The van der Waals surface area contributed by atoms with Crippen molar-refractivity contribution in [3.63, 3.8) is 0 Å². The Morgan fingerprint density at radius 2 is 1.77 bits per heavy atom. The highest BCUT2D eigenvalue weighted by Gasteiger charge is 2.73. The van der Waals surface area contributed by atoms with Crippen LogP contribution in [0.25, 0.3) is 10.8 Å². The number of ether oxygens (including phenoxy) is 2. The van der Waals surface area contributed by atoms with Crippen molar-refractivity contribution < 1.29 is 19.1 Å². The highest BCUT2D eigenvalue weighted by Crippen LogP contribution is 2.62. The predicted molar refractivity (Wildman–Crippen MR) is 151 cm³/mol. The summed E-state index contributed by atoms with van der Waals surface area (Å²) in [5.74, 6) is -0.710. The van der Waals surface area contributed by atoms with Crippen molar-refractivity contribution in [3.05, 3.63) is 66.2 Å². The molecule has 2 bridgehead atoms. The number of carbonyl (C=O) groups is 2.